The number of hydrogen-bond donors (Lipinski definition) is 1. The van der Waals surface area contributed by atoms with Crippen LogP contribution in [0.1, 0.15) is 0 Å². The molecule has 4 aromatic rings. The maximum absolute atomic E-state index is 13.3. The van der Waals surface area contributed by atoms with Gasteiger partial charge in [-0.05, 0) is 41.1 Å². The molecule has 0 amide bonds. The van der Waals surface area contributed by atoms with Crippen molar-refractivity contribution < 1.29 is 8.42 Å². The summed E-state index contributed by atoms with van der Waals surface area (Å²) in [5.41, 5.74) is 6.30. The van der Waals surface area contributed by atoms with Crippen molar-refractivity contribution in [2.45, 2.75) is 9.79 Å². The van der Waals surface area contributed by atoms with Crippen molar-refractivity contribution in [2.24, 2.45) is 4.99 Å². The summed E-state index contributed by atoms with van der Waals surface area (Å²) in [4.78, 5) is 14.8. The number of aromatic nitrogens is 2. The van der Waals surface area contributed by atoms with Crippen LogP contribution in [-0.2, 0) is 9.84 Å². The summed E-state index contributed by atoms with van der Waals surface area (Å²) in [6.07, 6.45) is 1.58. The molecule has 0 atom stereocenters. The van der Waals surface area contributed by atoms with Crippen molar-refractivity contribution in [3.8, 4) is 0 Å². The second kappa shape index (κ2) is 7.14. The van der Waals surface area contributed by atoms with Gasteiger partial charge in [0.05, 0.1) is 21.6 Å². The Bertz CT molecular complexity index is 1360. The van der Waals surface area contributed by atoms with Crippen molar-refractivity contribution in [3.05, 3.63) is 60.7 Å². The highest BCUT2D eigenvalue weighted by molar-refractivity contribution is 7.91. The first-order chi connectivity index (χ1) is 13.8. The Balaban J connectivity index is 1.87. The molecule has 7 nitrogen and oxygen atoms in total. The molecule has 29 heavy (non-hydrogen) atoms. The molecule has 1 heterocycles. The van der Waals surface area contributed by atoms with E-state index >= 15 is 0 Å². The molecular formula is C21H19N5O2S. The Kier molecular flexibility index (Phi) is 4.63. The summed E-state index contributed by atoms with van der Waals surface area (Å²) in [6, 6.07) is 17.4. The summed E-state index contributed by atoms with van der Waals surface area (Å²) in [5, 5.41) is 2.36. The molecule has 146 valence electrons. The third-order valence-electron chi connectivity index (χ3n) is 4.42. The number of sulfone groups is 1. The molecule has 0 aliphatic carbocycles. The van der Waals surface area contributed by atoms with E-state index in [1.54, 1.807) is 41.6 Å². The first-order valence-electron chi connectivity index (χ1n) is 8.86. The molecule has 0 radical (unpaired) electrons. The number of benzene rings is 3. The normalized spacial score (nSPS) is 12.1. The average molecular weight is 405 g/mol. The minimum absolute atomic E-state index is 0.0774. The molecule has 4 rings (SSSR count). The second-order valence-electron chi connectivity index (χ2n) is 6.80. The van der Waals surface area contributed by atoms with Crippen LogP contribution >= 0.6 is 0 Å². The quantitative estimate of drug-likeness (QED) is 0.412. The number of nitrogen functional groups attached to an aromatic ring is 1. The second-order valence-corrected chi connectivity index (χ2v) is 8.75. The lowest BCUT2D eigenvalue weighted by molar-refractivity contribution is 0.596. The van der Waals surface area contributed by atoms with Gasteiger partial charge in [0.1, 0.15) is 0 Å². The van der Waals surface area contributed by atoms with E-state index < -0.39 is 9.84 Å². The fourth-order valence-electron chi connectivity index (χ4n) is 3.02. The predicted molar refractivity (Wildman–Crippen MR) is 115 cm³/mol. The highest BCUT2D eigenvalue weighted by atomic mass is 32.2. The standard InChI is InChI=1S/C21H19N5O2S/c1-26(2)13-23-20-18-12-17(9-10-19(18)24-21(22)25-20)29(27,28)16-8-7-14-5-3-4-6-15(14)11-16/h3-13H,1-2H3,(H2,22,24,25). The molecule has 0 saturated carbocycles. The molecule has 2 N–H and O–H groups in total. The third kappa shape index (κ3) is 3.62. The summed E-state index contributed by atoms with van der Waals surface area (Å²) >= 11 is 0. The van der Waals surface area contributed by atoms with Crippen molar-refractivity contribution in [1.82, 2.24) is 14.9 Å². The van der Waals surface area contributed by atoms with E-state index in [4.69, 9.17) is 5.73 Å². The van der Waals surface area contributed by atoms with Crippen LogP contribution in [0, 0.1) is 0 Å². The van der Waals surface area contributed by atoms with Gasteiger partial charge >= 0.3 is 0 Å². The Morgan fingerprint density at radius 2 is 1.62 bits per heavy atom. The molecule has 1 aromatic heterocycles. The third-order valence-corrected chi connectivity index (χ3v) is 6.17. The van der Waals surface area contributed by atoms with Gasteiger partial charge in [-0.1, -0.05) is 30.3 Å². The van der Waals surface area contributed by atoms with Gasteiger partial charge < -0.3 is 10.6 Å². The van der Waals surface area contributed by atoms with Gasteiger partial charge in [0, 0.05) is 19.5 Å². The topological polar surface area (TPSA) is 102 Å². The lowest BCUT2D eigenvalue weighted by Gasteiger charge is -2.09. The van der Waals surface area contributed by atoms with Crippen LogP contribution in [-0.4, -0.2) is 43.7 Å². The number of fused-ring (bicyclic) bond motifs is 2. The fourth-order valence-corrected chi connectivity index (χ4v) is 4.34. The summed E-state index contributed by atoms with van der Waals surface area (Å²) in [5.74, 6) is 0.394. The number of rotatable bonds is 4. The molecule has 0 unspecified atom stereocenters. The molecule has 0 bridgehead atoms. The first-order valence-corrected chi connectivity index (χ1v) is 10.3. The Hall–Kier alpha value is -3.52. The van der Waals surface area contributed by atoms with E-state index in [0.29, 0.717) is 16.7 Å². The largest absolute Gasteiger partial charge is 0.369 e. The SMILES string of the molecule is CN(C)C=Nc1nc(N)nc2ccc(S(=O)(=O)c3ccc4ccccc4c3)cc12. The number of nitrogens with two attached hydrogens (primary N) is 1. The fraction of sp³-hybridized carbons (Fsp3) is 0.0952. The Labute approximate surface area is 168 Å². The van der Waals surface area contributed by atoms with Crippen molar-refractivity contribution >= 4 is 49.6 Å². The first kappa shape index (κ1) is 18.8. The van der Waals surface area contributed by atoms with E-state index in [2.05, 4.69) is 15.0 Å². The minimum Gasteiger partial charge on any atom is -0.369 e. The van der Waals surface area contributed by atoms with Gasteiger partial charge in [-0.15, -0.1) is 0 Å². The lowest BCUT2D eigenvalue weighted by atomic mass is 10.1. The summed E-state index contributed by atoms with van der Waals surface area (Å²) in [7, 11) is -0.0787. The van der Waals surface area contributed by atoms with E-state index in [-0.39, 0.29) is 15.7 Å². The number of hydrogen-bond acceptors (Lipinski definition) is 6. The van der Waals surface area contributed by atoms with Crippen molar-refractivity contribution in [1.29, 1.82) is 0 Å². The van der Waals surface area contributed by atoms with Gasteiger partial charge in [0.25, 0.3) is 0 Å². The van der Waals surface area contributed by atoms with Crippen LogP contribution in [0.3, 0.4) is 0 Å². The van der Waals surface area contributed by atoms with Crippen LogP contribution in [0.4, 0.5) is 11.8 Å². The molecule has 0 aliphatic heterocycles. The highest BCUT2D eigenvalue weighted by Crippen LogP contribution is 2.30. The molecule has 0 spiro atoms. The van der Waals surface area contributed by atoms with Gasteiger partial charge in [0.2, 0.25) is 15.8 Å². The van der Waals surface area contributed by atoms with E-state index in [0.717, 1.165) is 10.8 Å². The van der Waals surface area contributed by atoms with E-state index in [1.165, 1.54) is 6.07 Å². The number of nitrogens with zero attached hydrogens (tertiary/aromatic N) is 4. The van der Waals surface area contributed by atoms with Crippen LogP contribution in [0.15, 0.2) is 75.4 Å². The van der Waals surface area contributed by atoms with Crippen LogP contribution in [0.5, 0.6) is 0 Å². The molecule has 0 fully saturated rings. The zero-order chi connectivity index (χ0) is 20.6. The zero-order valence-corrected chi connectivity index (χ0v) is 16.8. The monoisotopic (exact) mass is 405 g/mol. The van der Waals surface area contributed by atoms with Crippen LogP contribution in [0.25, 0.3) is 21.7 Å². The number of anilines is 1. The minimum atomic E-state index is -3.73. The van der Waals surface area contributed by atoms with Gasteiger partial charge in [-0.25, -0.2) is 18.4 Å². The van der Waals surface area contributed by atoms with E-state index in [1.807, 2.05) is 38.4 Å². The predicted octanol–water partition coefficient (Wildman–Crippen LogP) is 3.42. The maximum Gasteiger partial charge on any atom is 0.222 e. The highest BCUT2D eigenvalue weighted by Gasteiger charge is 2.20. The molecular weight excluding hydrogens is 386 g/mol. The molecule has 8 heteroatoms. The Morgan fingerprint density at radius 1 is 0.931 bits per heavy atom. The average Bonchev–Trinajstić information content (AvgIpc) is 2.71. The van der Waals surface area contributed by atoms with Crippen molar-refractivity contribution in [2.75, 3.05) is 19.8 Å². The van der Waals surface area contributed by atoms with Gasteiger partial charge in [-0.3, -0.25) is 0 Å². The molecule has 0 saturated heterocycles. The molecule has 3 aromatic carbocycles. The Morgan fingerprint density at radius 3 is 2.38 bits per heavy atom. The van der Waals surface area contributed by atoms with Crippen LogP contribution in [0.2, 0.25) is 0 Å². The molecule has 0 aliphatic rings. The summed E-state index contributed by atoms with van der Waals surface area (Å²) < 4.78 is 26.5. The summed E-state index contributed by atoms with van der Waals surface area (Å²) in [6.45, 7) is 0. The number of aliphatic imine (C=N–C) groups is 1. The van der Waals surface area contributed by atoms with Gasteiger partial charge in [0.15, 0.2) is 5.82 Å². The smallest absolute Gasteiger partial charge is 0.222 e. The van der Waals surface area contributed by atoms with Crippen LogP contribution < -0.4 is 5.73 Å². The van der Waals surface area contributed by atoms with E-state index in [9.17, 15) is 8.42 Å². The van der Waals surface area contributed by atoms with Gasteiger partial charge in [-0.2, -0.15) is 4.98 Å². The maximum atomic E-state index is 13.3. The zero-order valence-electron chi connectivity index (χ0n) is 15.9. The van der Waals surface area contributed by atoms with Crippen molar-refractivity contribution in [3.63, 3.8) is 0 Å². The lowest BCUT2D eigenvalue weighted by Crippen LogP contribution is -2.07.